The zero-order chi connectivity index (χ0) is 25.0. The molecule has 0 bridgehead atoms. The van der Waals surface area contributed by atoms with Crippen LogP contribution in [-0.2, 0) is 29.7 Å². The number of thiol groups is 1. The number of imide groups is 1. The Morgan fingerprint density at radius 3 is 2.78 bits per heavy atom. The number of carbonyl (C=O) groups excluding carboxylic acids is 2. The van der Waals surface area contributed by atoms with Gasteiger partial charge in [0, 0.05) is 56.8 Å². The Morgan fingerprint density at radius 1 is 1.14 bits per heavy atom. The minimum Gasteiger partial charge on any atom is -0.350 e. The topological polar surface area (TPSA) is 57.6 Å². The first-order valence-corrected chi connectivity index (χ1v) is 12.9. The molecule has 0 radical (unpaired) electrons. The van der Waals surface area contributed by atoms with Crippen molar-refractivity contribution >= 4 is 40.9 Å². The van der Waals surface area contributed by atoms with Crippen molar-refractivity contribution in [2.24, 2.45) is 7.05 Å². The molecule has 0 aliphatic carbocycles. The molecule has 2 atom stereocenters. The quantitative estimate of drug-likeness (QED) is 0.414. The van der Waals surface area contributed by atoms with Crippen LogP contribution in [0.3, 0.4) is 0 Å². The smallest absolute Gasteiger partial charge is 0.243 e. The number of amides is 2. The number of piperidine rings is 1. The van der Waals surface area contributed by atoms with Crippen molar-refractivity contribution in [3.05, 3.63) is 76.7 Å². The summed E-state index contributed by atoms with van der Waals surface area (Å²) in [6, 6.07) is 11.2. The lowest BCUT2D eigenvalue weighted by Gasteiger charge is -2.32. The fraction of sp³-hybridized carbons (Fsp3) is 0.357. The molecule has 1 aromatic heterocycles. The number of aryl methyl sites for hydroxylation is 1. The van der Waals surface area contributed by atoms with E-state index in [0.717, 1.165) is 42.5 Å². The summed E-state index contributed by atoms with van der Waals surface area (Å²) in [7, 11) is 1.96. The van der Waals surface area contributed by atoms with Gasteiger partial charge in [0.1, 0.15) is 5.82 Å². The molecule has 4 heterocycles. The third kappa shape index (κ3) is 4.17. The zero-order valence-corrected chi connectivity index (χ0v) is 21.1. The van der Waals surface area contributed by atoms with Gasteiger partial charge in [0.05, 0.1) is 16.9 Å². The van der Waals surface area contributed by atoms with Crippen LogP contribution in [0.25, 0.3) is 16.5 Å². The Labute approximate surface area is 215 Å². The van der Waals surface area contributed by atoms with E-state index in [4.69, 9.17) is 12.6 Å². The molecule has 8 heteroatoms. The van der Waals surface area contributed by atoms with Gasteiger partial charge in [-0.05, 0) is 53.3 Å². The van der Waals surface area contributed by atoms with Gasteiger partial charge in [0.2, 0.25) is 11.8 Å². The SMILES string of the molecule is Cn1cc(C2=CCN(Cc3ccc4c(c3)C(S)N(C3CCC(=O)NC3=O)C4)CC2)c2ccc(F)cc21. The molecule has 0 saturated carbocycles. The maximum Gasteiger partial charge on any atom is 0.243 e. The van der Waals surface area contributed by atoms with Gasteiger partial charge >= 0.3 is 0 Å². The highest BCUT2D eigenvalue weighted by atomic mass is 32.1. The van der Waals surface area contributed by atoms with Gasteiger partial charge in [-0.3, -0.25) is 24.7 Å². The zero-order valence-electron chi connectivity index (χ0n) is 20.2. The van der Waals surface area contributed by atoms with E-state index >= 15 is 0 Å². The molecule has 2 amide bonds. The number of carbonyl (C=O) groups is 2. The molecule has 1 saturated heterocycles. The third-order valence-electron chi connectivity index (χ3n) is 7.76. The summed E-state index contributed by atoms with van der Waals surface area (Å²) in [6.07, 6.45) is 6.25. The Kier molecular flexibility index (Phi) is 5.98. The summed E-state index contributed by atoms with van der Waals surface area (Å²) in [5.41, 5.74) is 6.99. The van der Waals surface area contributed by atoms with Gasteiger partial charge < -0.3 is 4.57 Å². The molecule has 2 aromatic carbocycles. The van der Waals surface area contributed by atoms with Crippen LogP contribution >= 0.6 is 12.6 Å². The van der Waals surface area contributed by atoms with Crippen LogP contribution in [0.15, 0.2) is 48.7 Å². The van der Waals surface area contributed by atoms with E-state index in [0.29, 0.717) is 19.4 Å². The number of hydrogen-bond acceptors (Lipinski definition) is 5. The molecule has 3 aromatic rings. The van der Waals surface area contributed by atoms with E-state index < -0.39 is 0 Å². The molecule has 3 aliphatic rings. The minimum atomic E-state index is -0.322. The van der Waals surface area contributed by atoms with Crippen LogP contribution in [-0.4, -0.2) is 45.3 Å². The summed E-state index contributed by atoms with van der Waals surface area (Å²) >= 11 is 4.86. The van der Waals surface area contributed by atoms with Crippen LogP contribution in [0, 0.1) is 5.82 Å². The summed E-state index contributed by atoms with van der Waals surface area (Å²) in [5, 5.41) is 3.40. The van der Waals surface area contributed by atoms with Crippen molar-refractivity contribution in [1.82, 2.24) is 19.7 Å². The van der Waals surface area contributed by atoms with E-state index in [-0.39, 0.29) is 29.0 Å². The van der Waals surface area contributed by atoms with Crippen LogP contribution in [0.1, 0.15) is 46.9 Å². The highest BCUT2D eigenvalue weighted by molar-refractivity contribution is 7.80. The Hall–Kier alpha value is -2.94. The largest absolute Gasteiger partial charge is 0.350 e. The lowest BCUT2D eigenvalue weighted by molar-refractivity contribution is -0.137. The molecular weight excluding hydrogens is 475 g/mol. The first-order valence-electron chi connectivity index (χ1n) is 12.4. The van der Waals surface area contributed by atoms with Crippen LogP contribution in [0.4, 0.5) is 4.39 Å². The normalized spacial score (nSPS) is 23.1. The number of fused-ring (bicyclic) bond motifs is 2. The lowest BCUT2D eigenvalue weighted by atomic mass is 9.98. The van der Waals surface area contributed by atoms with Gasteiger partial charge in [0.15, 0.2) is 0 Å². The molecule has 6 rings (SSSR count). The first kappa shape index (κ1) is 23.5. The fourth-order valence-corrected chi connectivity index (χ4v) is 6.32. The lowest BCUT2D eigenvalue weighted by Crippen LogP contribution is -2.51. The Balaban J connectivity index is 1.14. The molecule has 3 aliphatic heterocycles. The van der Waals surface area contributed by atoms with Crippen LogP contribution < -0.4 is 5.32 Å². The summed E-state index contributed by atoms with van der Waals surface area (Å²) < 4.78 is 15.7. The number of nitrogens with zero attached hydrogens (tertiary/aromatic N) is 3. The number of halogens is 1. The predicted molar refractivity (Wildman–Crippen MR) is 141 cm³/mol. The highest BCUT2D eigenvalue weighted by Gasteiger charge is 2.39. The van der Waals surface area contributed by atoms with Crippen molar-refractivity contribution in [2.75, 3.05) is 13.1 Å². The van der Waals surface area contributed by atoms with E-state index in [9.17, 15) is 14.0 Å². The second-order valence-electron chi connectivity index (χ2n) is 10.1. The van der Waals surface area contributed by atoms with Crippen molar-refractivity contribution in [3.63, 3.8) is 0 Å². The highest BCUT2D eigenvalue weighted by Crippen LogP contribution is 2.40. The second kappa shape index (κ2) is 9.18. The molecule has 0 spiro atoms. The van der Waals surface area contributed by atoms with Crippen molar-refractivity contribution in [2.45, 2.75) is 43.8 Å². The summed E-state index contributed by atoms with van der Waals surface area (Å²) in [4.78, 5) is 28.5. The monoisotopic (exact) mass is 504 g/mol. The van der Waals surface area contributed by atoms with E-state index in [1.807, 2.05) is 17.7 Å². The number of nitrogens with one attached hydrogen (secondary N) is 1. The van der Waals surface area contributed by atoms with E-state index in [1.165, 1.54) is 28.3 Å². The van der Waals surface area contributed by atoms with Crippen LogP contribution in [0.5, 0.6) is 0 Å². The van der Waals surface area contributed by atoms with Crippen molar-refractivity contribution in [3.8, 4) is 0 Å². The maximum atomic E-state index is 13.7. The Bertz CT molecular complexity index is 1410. The molecule has 186 valence electrons. The predicted octanol–water partition coefficient (Wildman–Crippen LogP) is 4.16. The van der Waals surface area contributed by atoms with Gasteiger partial charge in [-0.15, -0.1) is 0 Å². The van der Waals surface area contributed by atoms with E-state index in [2.05, 4.69) is 45.6 Å². The fourth-order valence-electron chi connectivity index (χ4n) is 5.84. The molecule has 1 N–H and O–H groups in total. The second-order valence-corrected chi connectivity index (χ2v) is 10.6. The number of benzene rings is 2. The maximum absolute atomic E-state index is 13.7. The van der Waals surface area contributed by atoms with Gasteiger partial charge in [-0.2, -0.15) is 12.6 Å². The average Bonchev–Trinajstić information content (AvgIpc) is 3.36. The molecule has 6 nitrogen and oxygen atoms in total. The third-order valence-corrected chi connectivity index (χ3v) is 8.34. The number of hydrogen-bond donors (Lipinski definition) is 2. The minimum absolute atomic E-state index is 0.159. The molecule has 1 fully saturated rings. The number of rotatable bonds is 4. The van der Waals surface area contributed by atoms with Gasteiger partial charge in [0.25, 0.3) is 0 Å². The van der Waals surface area contributed by atoms with Crippen molar-refractivity contribution < 1.29 is 14.0 Å². The van der Waals surface area contributed by atoms with Crippen molar-refractivity contribution in [1.29, 1.82) is 0 Å². The summed E-state index contributed by atoms with van der Waals surface area (Å²) in [6.45, 7) is 3.32. The average molecular weight is 505 g/mol. The number of aromatic nitrogens is 1. The Morgan fingerprint density at radius 2 is 2.00 bits per heavy atom. The van der Waals surface area contributed by atoms with Gasteiger partial charge in [-0.25, -0.2) is 4.39 Å². The van der Waals surface area contributed by atoms with Gasteiger partial charge in [-0.1, -0.05) is 24.3 Å². The molecular formula is C28H29FN4O2S. The molecule has 36 heavy (non-hydrogen) atoms. The standard InChI is InChI=1S/C28H29FN4O2S/c1-31-16-23(21-5-4-20(29)13-25(21)31)18-8-10-32(11-9-18)14-17-2-3-19-15-33(28(36)22(19)12-17)24-6-7-26(34)30-27(24)35/h2-5,8,12-13,16,24,28,36H,6-7,9-11,14-15H2,1H3,(H,30,34,35). The van der Waals surface area contributed by atoms with E-state index in [1.54, 1.807) is 6.07 Å². The summed E-state index contributed by atoms with van der Waals surface area (Å²) in [5.74, 6) is -0.623. The van der Waals surface area contributed by atoms with Crippen LogP contribution in [0.2, 0.25) is 0 Å². The first-order chi connectivity index (χ1) is 17.4. The molecule has 2 unspecified atom stereocenters.